The van der Waals surface area contributed by atoms with Crippen molar-refractivity contribution in [3.8, 4) is 0 Å². The number of rotatable bonds is 1. The smallest absolute Gasteiger partial charge is 0.289 e. The van der Waals surface area contributed by atoms with E-state index < -0.39 is 0 Å². The number of oxime groups is 1. The fourth-order valence-corrected chi connectivity index (χ4v) is 3.47. The summed E-state index contributed by atoms with van der Waals surface area (Å²) in [7, 11) is 0. The van der Waals surface area contributed by atoms with E-state index in [1.54, 1.807) is 0 Å². The first-order valence-electron chi connectivity index (χ1n) is 7.56. The summed E-state index contributed by atoms with van der Waals surface area (Å²) in [6.07, 6.45) is 3.56. The molecule has 1 aromatic heterocycles. The van der Waals surface area contributed by atoms with Gasteiger partial charge in [-0.3, -0.25) is 4.79 Å². The van der Waals surface area contributed by atoms with E-state index in [-0.39, 0.29) is 11.3 Å². The van der Waals surface area contributed by atoms with E-state index in [1.807, 2.05) is 11.8 Å². The number of amides is 1. The topological polar surface area (TPSA) is 66.0 Å². The van der Waals surface area contributed by atoms with Crippen LogP contribution in [-0.2, 0) is 6.42 Å². The van der Waals surface area contributed by atoms with Crippen molar-refractivity contribution in [3.05, 3.63) is 22.6 Å². The first-order chi connectivity index (χ1) is 9.93. The van der Waals surface area contributed by atoms with Gasteiger partial charge >= 0.3 is 0 Å². The van der Waals surface area contributed by atoms with Crippen molar-refractivity contribution in [2.24, 2.45) is 10.6 Å². The molecule has 1 N–H and O–H groups in total. The lowest BCUT2D eigenvalue weighted by molar-refractivity contribution is 0.0757. The monoisotopic (exact) mass is 290 g/mol. The highest BCUT2D eigenvalue weighted by Gasteiger charge is 2.37. The van der Waals surface area contributed by atoms with E-state index in [0.29, 0.717) is 17.9 Å². The van der Waals surface area contributed by atoms with Crippen LogP contribution >= 0.6 is 0 Å². The zero-order chi connectivity index (χ0) is 15.2. The van der Waals surface area contributed by atoms with Gasteiger partial charge in [0, 0.05) is 30.6 Å². The van der Waals surface area contributed by atoms with Crippen LogP contribution in [0.5, 0.6) is 0 Å². The van der Waals surface area contributed by atoms with E-state index in [0.717, 1.165) is 49.2 Å². The van der Waals surface area contributed by atoms with E-state index >= 15 is 0 Å². The fraction of sp³-hybridized carbons (Fsp3) is 0.625. The van der Waals surface area contributed by atoms with Crippen LogP contribution in [0.4, 0.5) is 0 Å². The molecule has 1 amide bonds. The zero-order valence-electron chi connectivity index (χ0n) is 12.9. The third-order valence-electron chi connectivity index (χ3n) is 4.50. The fourth-order valence-electron chi connectivity index (χ4n) is 3.47. The Kier molecular flexibility index (Phi) is 3.30. The van der Waals surface area contributed by atoms with Crippen molar-refractivity contribution < 1.29 is 14.4 Å². The summed E-state index contributed by atoms with van der Waals surface area (Å²) in [5, 5.41) is 12.8. The molecule has 2 heterocycles. The van der Waals surface area contributed by atoms with Crippen molar-refractivity contribution in [1.29, 1.82) is 0 Å². The number of hydrogen-bond donors (Lipinski definition) is 1. The van der Waals surface area contributed by atoms with Gasteiger partial charge in [0.15, 0.2) is 5.76 Å². The average molecular weight is 290 g/mol. The maximum absolute atomic E-state index is 12.6. The molecule has 1 aliphatic carbocycles. The molecule has 5 nitrogen and oxygen atoms in total. The largest absolute Gasteiger partial charge is 0.455 e. The molecule has 114 valence electrons. The Bertz CT molecular complexity index is 607. The van der Waals surface area contributed by atoms with Gasteiger partial charge in [0.25, 0.3) is 5.91 Å². The number of fused-ring (bicyclic) bond motifs is 1. The number of carbonyl (C=O) groups is 1. The molecule has 1 saturated heterocycles. The molecule has 0 bridgehead atoms. The standard InChI is InChI=1S/C16H22N2O3/c1-10-13-11(17-20)8-16(2,3)9-12(13)21-14(10)15(19)18-6-4-5-7-18/h20H,4-9H2,1-3H3/b17-11-. The van der Waals surface area contributed by atoms with Gasteiger partial charge in [0.1, 0.15) is 5.76 Å². The quantitative estimate of drug-likeness (QED) is 0.638. The Morgan fingerprint density at radius 2 is 1.95 bits per heavy atom. The molecule has 21 heavy (non-hydrogen) atoms. The summed E-state index contributed by atoms with van der Waals surface area (Å²) in [4.78, 5) is 14.4. The summed E-state index contributed by atoms with van der Waals surface area (Å²) in [6, 6.07) is 0. The average Bonchev–Trinajstić information content (AvgIpc) is 3.04. The molecule has 0 aromatic carbocycles. The molecule has 1 fully saturated rings. The van der Waals surface area contributed by atoms with Gasteiger partial charge in [-0.2, -0.15) is 0 Å². The van der Waals surface area contributed by atoms with Crippen molar-refractivity contribution in [2.45, 2.75) is 46.5 Å². The molecule has 0 spiro atoms. The molecule has 1 aliphatic heterocycles. The molecular weight excluding hydrogens is 268 g/mol. The second-order valence-corrected chi connectivity index (χ2v) is 6.92. The van der Waals surface area contributed by atoms with Gasteiger partial charge in [-0.05, 0) is 31.6 Å². The second kappa shape index (κ2) is 4.90. The molecule has 0 radical (unpaired) electrons. The van der Waals surface area contributed by atoms with E-state index in [2.05, 4.69) is 19.0 Å². The normalized spacial score (nSPS) is 22.6. The van der Waals surface area contributed by atoms with Crippen LogP contribution in [0.1, 0.15) is 60.6 Å². The van der Waals surface area contributed by atoms with E-state index in [9.17, 15) is 10.0 Å². The summed E-state index contributed by atoms with van der Waals surface area (Å²) in [5.41, 5.74) is 2.25. The maximum atomic E-state index is 12.6. The van der Waals surface area contributed by atoms with E-state index in [4.69, 9.17) is 4.42 Å². The van der Waals surface area contributed by atoms with Crippen LogP contribution in [0.3, 0.4) is 0 Å². The van der Waals surface area contributed by atoms with E-state index in [1.165, 1.54) is 0 Å². The molecule has 1 aromatic rings. The summed E-state index contributed by atoms with van der Waals surface area (Å²) >= 11 is 0. The highest BCUT2D eigenvalue weighted by atomic mass is 16.4. The summed E-state index contributed by atoms with van der Waals surface area (Å²) in [5.74, 6) is 1.16. The summed E-state index contributed by atoms with van der Waals surface area (Å²) < 4.78 is 5.90. The third-order valence-corrected chi connectivity index (χ3v) is 4.50. The Labute approximate surface area is 124 Å². The van der Waals surface area contributed by atoms with Gasteiger partial charge in [-0.15, -0.1) is 0 Å². The predicted molar refractivity (Wildman–Crippen MR) is 79.0 cm³/mol. The van der Waals surface area contributed by atoms with Crippen molar-refractivity contribution in [2.75, 3.05) is 13.1 Å². The summed E-state index contributed by atoms with van der Waals surface area (Å²) in [6.45, 7) is 7.71. The minimum Gasteiger partial charge on any atom is -0.455 e. The Morgan fingerprint density at radius 3 is 2.57 bits per heavy atom. The van der Waals surface area contributed by atoms with Crippen molar-refractivity contribution in [3.63, 3.8) is 0 Å². The lowest BCUT2D eigenvalue weighted by Gasteiger charge is -2.28. The lowest BCUT2D eigenvalue weighted by Crippen LogP contribution is -2.28. The molecule has 5 heteroatoms. The van der Waals surface area contributed by atoms with Crippen LogP contribution in [-0.4, -0.2) is 34.8 Å². The molecule has 0 unspecified atom stereocenters. The molecule has 2 aliphatic rings. The maximum Gasteiger partial charge on any atom is 0.289 e. The van der Waals surface area contributed by atoms with Crippen molar-refractivity contribution in [1.82, 2.24) is 4.90 Å². The number of nitrogens with zero attached hydrogens (tertiary/aromatic N) is 2. The molecule has 0 saturated carbocycles. The highest BCUT2D eigenvalue weighted by molar-refractivity contribution is 6.06. The number of hydrogen-bond acceptors (Lipinski definition) is 4. The van der Waals surface area contributed by atoms with Gasteiger partial charge in [0.2, 0.25) is 0 Å². The van der Waals surface area contributed by atoms with Gasteiger partial charge < -0.3 is 14.5 Å². The van der Waals surface area contributed by atoms with Gasteiger partial charge in [0.05, 0.1) is 5.71 Å². The van der Waals surface area contributed by atoms with Crippen LogP contribution in [0.15, 0.2) is 9.57 Å². The number of furan rings is 1. The van der Waals surface area contributed by atoms with Crippen molar-refractivity contribution >= 4 is 11.6 Å². The van der Waals surface area contributed by atoms with Crippen LogP contribution < -0.4 is 0 Å². The Morgan fingerprint density at radius 1 is 1.29 bits per heavy atom. The van der Waals surface area contributed by atoms with Gasteiger partial charge in [-0.25, -0.2) is 0 Å². The first-order valence-corrected chi connectivity index (χ1v) is 7.56. The predicted octanol–water partition coefficient (Wildman–Crippen LogP) is 2.97. The Balaban J connectivity index is 2.02. The molecule has 3 rings (SSSR count). The zero-order valence-corrected chi connectivity index (χ0v) is 12.9. The third kappa shape index (κ3) is 2.34. The lowest BCUT2D eigenvalue weighted by atomic mass is 9.75. The molecule has 0 atom stereocenters. The van der Waals surface area contributed by atoms with Crippen LogP contribution in [0, 0.1) is 12.3 Å². The second-order valence-electron chi connectivity index (χ2n) is 6.92. The minimum atomic E-state index is -0.0329. The minimum absolute atomic E-state index is 0.0210. The number of likely N-dealkylation sites (tertiary alicyclic amines) is 1. The number of carbonyl (C=O) groups excluding carboxylic acids is 1. The Hall–Kier alpha value is -1.78. The van der Waals surface area contributed by atoms with Gasteiger partial charge in [-0.1, -0.05) is 19.0 Å². The first kappa shape index (κ1) is 14.2. The SMILES string of the molecule is Cc1c(C(=O)N2CCCC2)oc2c1/C(=N\O)CC(C)(C)C2. The van der Waals surface area contributed by atoms with Crippen LogP contribution in [0.25, 0.3) is 0 Å². The van der Waals surface area contributed by atoms with Crippen LogP contribution in [0.2, 0.25) is 0 Å². The highest BCUT2D eigenvalue weighted by Crippen LogP contribution is 2.39. The molecular formula is C16H22N2O3.